The van der Waals surface area contributed by atoms with E-state index in [-0.39, 0.29) is 24.3 Å². The Morgan fingerprint density at radius 1 is 1.12 bits per heavy atom. The lowest BCUT2D eigenvalue weighted by Gasteiger charge is -2.15. The molecule has 0 heterocycles. The first-order valence-corrected chi connectivity index (χ1v) is 11.1. The van der Waals surface area contributed by atoms with Gasteiger partial charge in [-0.25, -0.2) is 22.4 Å². The van der Waals surface area contributed by atoms with Gasteiger partial charge in [0.1, 0.15) is 16.4 Å². The number of hydrogen-bond acceptors (Lipinski definition) is 6. The van der Waals surface area contributed by atoms with Gasteiger partial charge in [-0.15, -0.1) is 11.8 Å². The van der Waals surface area contributed by atoms with Crippen LogP contribution in [0, 0.1) is 23.3 Å². The third-order valence-electron chi connectivity index (χ3n) is 4.29. The summed E-state index contributed by atoms with van der Waals surface area (Å²) >= 11 is 0.922. The van der Waals surface area contributed by atoms with E-state index in [1.807, 2.05) is 30.3 Å². The second-order valence-electron chi connectivity index (χ2n) is 6.78. The van der Waals surface area contributed by atoms with Gasteiger partial charge in [-0.05, 0) is 31.7 Å². The molecule has 2 aromatic carbocycles. The van der Waals surface area contributed by atoms with Crippen molar-refractivity contribution in [3.63, 3.8) is 0 Å². The highest BCUT2D eigenvalue weighted by molar-refractivity contribution is 8.14. The summed E-state index contributed by atoms with van der Waals surface area (Å²) < 4.78 is 65.5. The molecule has 10 heteroatoms. The number of aliphatic hydroxyl groups excluding tert-OH is 1. The summed E-state index contributed by atoms with van der Waals surface area (Å²) in [5.41, 5.74) is -0.702. The number of carbonyl (C=O) groups excluding carboxylic acids is 1. The highest BCUT2D eigenvalue weighted by atomic mass is 32.2. The van der Waals surface area contributed by atoms with E-state index in [2.05, 4.69) is 4.99 Å². The maximum absolute atomic E-state index is 14.3. The molecule has 0 saturated heterocycles. The van der Waals surface area contributed by atoms with Crippen LogP contribution >= 0.6 is 11.8 Å². The minimum Gasteiger partial charge on any atom is -0.506 e. The van der Waals surface area contributed by atoms with Crippen molar-refractivity contribution in [2.75, 3.05) is 19.5 Å². The number of esters is 1. The Morgan fingerprint density at radius 3 is 2.39 bits per heavy atom. The zero-order chi connectivity index (χ0) is 24.5. The molecule has 0 radical (unpaired) electrons. The minimum absolute atomic E-state index is 0.0775. The van der Waals surface area contributed by atoms with Gasteiger partial charge in [0.25, 0.3) is 0 Å². The number of benzene rings is 2. The van der Waals surface area contributed by atoms with Crippen LogP contribution in [0.4, 0.5) is 17.6 Å². The van der Waals surface area contributed by atoms with Crippen LogP contribution in [-0.4, -0.2) is 41.6 Å². The zero-order valence-corrected chi connectivity index (χ0v) is 19.0. The summed E-state index contributed by atoms with van der Waals surface area (Å²) in [6.07, 6.45) is 1.53. The number of carbonyl (C=O) groups is 1. The van der Waals surface area contributed by atoms with Crippen LogP contribution in [0.3, 0.4) is 0 Å². The molecule has 0 amide bonds. The lowest BCUT2D eigenvalue weighted by atomic mass is 10.1. The third-order valence-corrected chi connectivity index (χ3v) is 4.99. The standard InChI is InChI=1S/C23H23F4NO4S/c1-4-32-23(30)17(21(29)15-10-16(24)19(26)20(27)18(15)25)22(33-3)28-13(2)11-31-12-14-8-6-5-7-9-14/h5-10,13,29H,4,11-12H2,1-3H3/b21-17-,28-22?/t13-/m0/s1. The van der Waals surface area contributed by atoms with Crippen molar-refractivity contribution in [2.24, 2.45) is 4.99 Å². The number of aliphatic imine (C=N–C) groups is 1. The van der Waals surface area contributed by atoms with Gasteiger partial charge in [-0.1, -0.05) is 30.3 Å². The largest absolute Gasteiger partial charge is 0.506 e. The molecule has 2 rings (SSSR count). The van der Waals surface area contributed by atoms with Crippen molar-refractivity contribution in [3.05, 3.63) is 76.4 Å². The predicted octanol–water partition coefficient (Wildman–Crippen LogP) is 5.44. The Balaban J connectivity index is 2.40. The fourth-order valence-electron chi connectivity index (χ4n) is 2.75. The summed E-state index contributed by atoms with van der Waals surface area (Å²) in [5, 5.41) is 10.5. The second kappa shape index (κ2) is 12.4. The molecule has 0 saturated carbocycles. The summed E-state index contributed by atoms with van der Waals surface area (Å²) in [4.78, 5) is 16.9. The van der Waals surface area contributed by atoms with E-state index in [0.29, 0.717) is 6.61 Å². The van der Waals surface area contributed by atoms with Crippen molar-refractivity contribution >= 4 is 28.5 Å². The minimum atomic E-state index is -2.12. The van der Waals surface area contributed by atoms with Crippen LogP contribution in [0.5, 0.6) is 0 Å². The normalized spacial score (nSPS) is 13.5. The molecule has 0 aliphatic heterocycles. The molecule has 0 aliphatic carbocycles. The summed E-state index contributed by atoms with van der Waals surface area (Å²) in [6.45, 7) is 3.55. The molecule has 0 fully saturated rings. The smallest absolute Gasteiger partial charge is 0.344 e. The van der Waals surface area contributed by atoms with E-state index in [0.717, 1.165) is 17.3 Å². The summed E-state index contributed by atoms with van der Waals surface area (Å²) in [7, 11) is 0. The Labute approximate surface area is 193 Å². The molecule has 5 nitrogen and oxygen atoms in total. The molecule has 1 N–H and O–H groups in total. The van der Waals surface area contributed by atoms with Gasteiger partial charge in [0.15, 0.2) is 23.3 Å². The van der Waals surface area contributed by atoms with Crippen molar-refractivity contribution in [1.82, 2.24) is 0 Å². The number of aliphatic hydroxyl groups is 1. The molecule has 0 unspecified atom stereocenters. The first-order valence-electron chi connectivity index (χ1n) is 9.88. The first kappa shape index (κ1) is 26.4. The van der Waals surface area contributed by atoms with E-state index in [4.69, 9.17) is 9.47 Å². The number of thioether (sulfide) groups is 1. The first-order chi connectivity index (χ1) is 15.7. The van der Waals surface area contributed by atoms with Crippen LogP contribution in [0.2, 0.25) is 0 Å². The fourth-order valence-corrected chi connectivity index (χ4v) is 3.42. The fraction of sp³-hybridized carbons (Fsp3) is 0.304. The second-order valence-corrected chi connectivity index (χ2v) is 7.58. The van der Waals surface area contributed by atoms with E-state index >= 15 is 0 Å². The Morgan fingerprint density at radius 2 is 1.79 bits per heavy atom. The Hall–Kier alpha value is -2.85. The molecule has 0 aromatic heterocycles. The van der Waals surface area contributed by atoms with E-state index < -0.39 is 52.2 Å². The zero-order valence-electron chi connectivity index (χ0n) is 18.2. The van der Waals surface area contributed by atoms with Gasteiger partial charge < -0.3 is 14.6 Å². The monoisotopic (exact) mass is 485 g/mol. The molecule has 178 valence electrons. The van der Waals surface area contributed by atoms with Gasteiger partial charge in [0.2, 0.25) is 0 Å². The van der Waals surface area contributed by atoms with Crippen molar-refractivity contribution < 1.29 is 36.9 Å². The number of nitrogens with zero attached hydrogens (tertiary/aromatic N) is 1. The van der Waals surface area contributed by atoms with Crippen molar-refractivity contribution in [3.8, 4) is 0 Å². The molecule has 0 bridgehead atoms. The van der Waals surface area contributed by atoms with Crippen LogP contribution < -0.4 is 0 Å². The lowest BCUT2D eigenvalue weighted by Crippen LogP contribution is -2.20. The van der Waals surface area contributed by atoms with Crippen LogP contribution in [0.1, 0.15) is 25.0 Å². The maximum atomic E-state index is 14.3. The predicted molar refractivity (Wildman–Crippen MR) is 119 cm³/mol. The Bertz CT molecular complexity index is 1040. The summed E-state index contributed by atoms with van der Waals surface area (Å²) in [5.74, 6) is -9.97. The molecule has 33 heavy (non-hydrogen) atoms. The van der Waals surface area contributed by atoms with E-state index in [9.17, 15) is 27.5 Å². The number of halogens is 4. The average molecular weight is 485 g/mol. The van der Waals surface area contributed by atoms with Gasteiger partial charge in [0, 0.05) is 0 Å². The molecule has 0 aliphatic rings. The molecule has 1 atom stereocenters. The number of hydrogen-bond donors (Lipinski definition) is 1. The topological polar surface area (TPSA) is 68.1 Å². The van der Waals surface area contributed by atoms with E-state index in [1.165, 1.54) is 13.2 Å². The van der Waals surface area contributed by atoms with Gasteiger partial charge in [0.05, 0.1) is 31.4 Å². The molecule has 2 aromatic rings. The summed E-state index contributed by atoms with van der Waals surface area (Å²) in [6, 6.07) is 9.12. The van der Waals surface area contributed by atoms with Crippen molar-refractivity contribution in [1.29, 1.82) is 0 Å². The van der Waals surface area contributed by atoms with E-state index in [1.54, 1.807) is 6.92 Å². The molecular weight excluding hydrogens is 462 g/mol. The van der Waals surface area contributed by atoms with Gasteiger partial charge in [-0.2, -0.15) is 0 Å². The highest BCUT2D eigenvalue weighted by Crippen LogP contribution is 2.28. The Kier molecular flexibility index (Phi) is 9.93. The van der Waals surface area contributed by atoms with Crippen LogP contribution in [0.15, 0.2) is 47.0 Å². The average Bonchev–Trinajstić information content (AvgIpc) is 2.80. The van der Waals surface area contributed by atoms with Gasteiger partial charge in [-0.3, -0.25) is 4.99 Å². The lowest BCUT2D eigenvalue weighted by molar-refractivity contribution is -0.137. The molecular formula is C23H23F4NO4S. The number of ether oxygens (including phenoxy) is 2. The van der Waals surface area contributed by atoms with Gasteiger partial charge >= 0.3 is 5.97 Å². The van der Waals surface area contributed by atoms with Crippen LogP contribution in [0.25, 0.3) is 5.76 Å². The highest BCUT2D eigenvalue weighted by Gasteiger charge is 2.28. The van der Waals surface area contributed by atoms with Crippen molar-refractivity contribution in [2.45, 2.75) is 26.5 Å². The SMILES string of the molecule is CCOC(=O)/C(C(=N[C@@H](C)COCc1ccccc1)SC)=C(\O)c1cc(F)c(F)c(F)c1F. The maximum Gasteiger partial charge on any atom is 0.344 e. The van der Waals surface area contributed by atoms with Crippen LogP contribution in [-0.2, 0) is 20.9 Å². The quantitative estimate of drug-likeness (QED) is 0.0749. The molecule has 0 spiro atoms. The number of rotatable bonds is 9. The third kappa shape index (κ3) is 6.82.